The number of benzene rings is 1. The first-order valence-corrected chi connectivity index (χ1v) is 10.5. The topological polar surface area (TPSA) is 40.1 Å². The lowest BCUT2D eigenvalue weighted by Crippen LogP contribution is -2.39. The zero-order valence-electron chi connectivity index (χ0n) is 17.3. The summed E-state index contributed by atoms with van der Waals surface area (Å²) >= 11 is 0. The van der Waals surface area contributed by atoms with Crippen molar-refractivity contribution in [2.24, 2.45) is 16.8 Å². The second kappa shape index (κ2) is 10.1. The fraction of sp³-hybridized carbons (Fsp3) is 0.682. The minimum atomic E-state index is 0.779. The van der Waals surface area contributed by atoms with Crippen molar-refractivity contribution in [2.45, 2.75) is 39.8 Å². The summed E-state index contributed by atoms with van der Waals surface area (Å²) in [6, 6.07) is 8.98. The lowest BCUT2D eigenvalue weighted by molar-refractivity contribution is 0.0342. The molecular weight excluding hydrogens is 336 g/mol. The molecule has 0 amide bonds. The number of rotatable bonds is 6. The number of aliphatic imine (C=N–C) groups is 1. The van der Waals surface area contributed by atoms with E-state index in [0.29, 0.717) is 0 Å². The van der Waals surface area contributed by atoms with Gasteiger partial charge in [0, 0.05) is 46.3 Å². The van der Waals surface area contributed by atoms with E-state index in [9.17, 15) is 0 Å². The Kier molecular flexibility index (Phi) is 7.53. The Morgan fingerprint density at radius 1 is 1.15 bits per heavy atom. The number of likely N-dealkylation sites (tertiary alicyclic amines) is 1. The molecule has 1 N–H and O–H groups in total. The fourth-order valence-electron chi connectivity index (χ4n) is 4.18. The van der Waals surface area contributed by atoms with Crippen LogP contribution >= 0.6 is 0 Å². The molecular formula is C22H36N4O. The molecule has 0 bridgehead atoms. The van der Waals surface area contributed by atoms with E-state index < -0.39 is 0 Å². The molecule has 1 atom stereocenters. The maximum absolute atomic E-state index is 5.42. The first-order valence-electron chi connectivity index (χ1n) is 10.5. The highest BCUT2D eigenvalue weighted by Gasteiger charge is 2.25. The van der Waals surface area contributed by atoms with E-state index in [4.69, 9.17) is 4.74 Å². The van der Waals surface area contributed by atoms with Crippen LogP contribution in [0.4, 0.5) is 0 Å². The van der Waals surface area contributed by atoms with Crippen LogP contribution in [0.5, 0.6) is 0 Å². The zero-order chi connectivity index (χ0) is 19.1. The van der Waals surface area contributed by atoms with Crippen LogP contribution in [0.3, 0.4) is 0 Å². The molecule has 5 heteroatoms. The van der Waals surface area contributed by atoms with Crippen molar-refractivity contribution in [3.05, 3.63) is 35.4 Å². The standard InChI is InChI=1S/C22H36N4O/c1-18(2)14-21-8-9-26(17-21)22(23-3)24-15-19-4-6-20(7-5-19)16-25-10-12-27-13-11-25/h4-7,18,21H,8-17H2,1-3H3,(H,23,24). The SMILES string of the molecule is CN=C(NCc1ccc(CN2CCOCC2)cc1)N1CCC(CC(C)C)C1. The third-order valence-corrected chi connectivity index (χ3v) is 5.59. The second-order valence-electron chi connectivity index (χ2n) is 8.34. The Bertz CT molecular complexity index is 593. The van der Waals surface area contributed by atoms with Gasteiger partial charge in [-0.2, -0.15) is 0 Å². The van der Waals surface area contributed by atoms with Crippen molar-refractivity contribution < 1.29 is 4.74 Å². The molecule has 0 radical (unpaired) electrons. The quantitative estimate of drug-likeness (QED) is 0.616. The average molecular weight is 373 g/mol. The minimum absolute atomic E-state index is 0.779. The summed E-state index contributed by atoms with van der Waals surface area (Å²) in [6.45, 7) is 12.5. The van der Waals surface area contributed by atoms with Gasteiger partial charge in [-0.25, -0.2) is 0 Å². The maximum Gasteiger partial charge on any atom is 0.193 e. The highest BCUT2D eigenvalue weighted by atomic mass is 16.5. The Morgan fingerprint density at radius 3 is 2.52 bits per heavy atom. The van der Waals surface area contributed by atoms with Gasteiger partial charge < -0.3 is 15.0 Å². The van der Waals surface area contributed by atoms with Gasteiger partial charge in [0.15, 0.2) is 5.96 Å². The number of hydrogen-bond acceptors (Lipinski definition) is 3. The highest BCUT2D eigenvalue weighted by Crippen LogP contribution is 2.23. The van der Waals surface area contributed by atoms with Crippen LogP contribution in [0.15, 0.2) is 29.3 Å². The summed E-state index contributed by atoms with van der Waals surface area (Å²) in [7, 11) is 1.89. The average Bonchev–Trinajstić information content (AvgIpc) is 3.12. The maximum atomic E-state index is 5.42. The van der Waals surface area contributed by atoms with Crippen LogP contribution in [0.25, 0.3) is 0 Å². The van der Waals surface area contributed by atoms with E-state index >= 15 is 0 Å². The normalized spacial score (nSPS) is 21.9. The van der Waals surface area contributed by atoms with E-state index in [1.54, 1.807) is 0 Å². The monoisotopic (exact) mass is 372 g/mol. The Labute approximate surface area is 164 Å². The van der Waals surface area contributed by atoms with Crippen molar-refractivity contribution in [1.29, 1.82) is 0 Å². The van der Waals surface area contributed by atoms with Crippen molar-refractivity contribution in [2.75, 3.05) is 46.4 Å². The van der Waals surface area contributed by atoms with E-state index in [2.05, 4.69) is 58.2 Å². The van der Waals surface area contributed by atoms with Gasteiger partial charge in [-0.05, 0) is 35.8 Å². The molecule has 0 aliphatic carbocycles. The summed E-state index contributed by atoms with van der Waals surface area (Å²) in [4.78, 5) is 9.38. The number of morpholine rings is 1. The van der Waals surface area contributed by atoms with E-state index in [1.807, 2.05) is 7.05 Å². The lowest BCUT2D eigenvalue weighted by Gasteiger charge is -2.26. The summed E-state index contributed by atoms with van der Waals surface area (Å²) in [5, 5.41) is 3.55. The van der Waals surface area contributed by atoms with Gasteiger partial charge in [-0.15, -0.1) is 0 Å². The number of nitrogens with one attached hydrogen (secondary N) is 1. The largest absolute Gasteiger partial charge is 0.379 e. The van der Waals surface area contributed by atoms with Crippen LogP contribution in [-0.2, 0) is 17.8 Å². The first-order chi connectivity index (χ1) is 13.1. The first kappa shape index (κ1) is 20.2. The zero-order valence-corrected chi connectivity index (χ0v) is 17.3. The molecule has 0 saturated carbocycles. The molecule has 2 saturated heterocycles. The summed E-state index contributed by atoms with van der Waals surface area (Å²) in [6.07, 6.45) is 2.60. The lowest BCUT2D eigenvalue weighted by atomic mass is 9.97. The number of ether oxygens (including phenoxy) is 1. The Hall–Kier alpha value is -1.59. The van der Waals surface area contributed by atoms with Crippen molar-refractivity contribution in [3.8, 4) is 0 Å². The molecule has 1 unspecified atom stereocenters. The number of nitrogens with zero attached hydrogens (tertiary/aromatic N) is 3. The molecule has 5 nitrogen and oxygen atoms in total. The smallest absolute Gasteiger partial charge is 0.193 e. The van der Waals surface area contributed by atoms with Gasteiger partial charge in [0.1, 0.15) is 0 Å². The molecule has 1 aromatic rings. The second-order valence-corrected chi connectivity index (χ2v) is 8.34. The fourth-order valence-corrected chi connectivity index (χ4v) is 4.18. The van der Waals surface area contributed by atoms with Crippen LogP contribution in [-0.4, -0.2) is 62.2 Å². The third-order valence-electron chi connectivity index (χ3n) is 5.59. The van der Waals surface area contributed by atoms with Crippen LogP contribution < -0.4 is 5.32 Å². The molecule has 3 rings (SSSR count). The highest BCUT2D eigenvalue weighted by molar-refractivity contribution is 5.80. The van der Waals surface area contributed by atoms with E-state index in [1.165, 1.54) is 24.0 Å². The van der Waals surface area contributed by atoms with Gasteiger partial charge >= 0.3 is 0 Å². The van der Waals surface area contributed by atoms with Crippen molar-refractivity contribution in [3.63, 3.8) is 0 Å². The summed E-state index contributed by atoms with van der Waals surface area (Å²) < 4.78 is 5.42. The molecule has 2 aliphatic rings. The molecule has 27 heavy (non-hydrogen) atoms. The van der Waals surface area contributed by atoms with Gasteiger partial charge in [-0.1, -0.05) is 38.1 Å². The molecule has 2 aliphatic heterocycles. The molecule has 1 aromatic carbocycles. The van der Waals surface area contributed by atoms with Crippen LogP contribution in [0, 0.1) is 11.8 Å². The molecule has 0 spiro atoms. The number of guanidine groups is 1. The molecule has 2 fully saturated rings. The molecule has 150 valence electrons. The van der Waals surface area contributed by atoms with Crippen molar-refractivity contribution in [1.82, 2.24) is 15.1 Å². The minimum Gasteiger partial charge on any atom is -0.379 e. The van der Waals surface area contributed by atoms with Crippen LogP contribution in [0.2, 0.25) is 0 Å². The van der Waals surface area contributed by atoms with Gasteiger partial charge in [0.05, 0.1) is 13.2 Å². The molecule has 0 aromatic heterocycles. The number of hydrogen-bond donors (Lipinski definition) is 1. The summed E-state index contributed by atoms with van der Waals surface area (Å²) in [5.74, 6) is 2.63. The predicted octanol–water partition coefficient (Wildman–Crippen LogP) is 2.96. The van der Waals surface area contributed by atoms with Gasteiger partial charge in [0.2, 0.25) is 0 Å². The van der Waals surface area contributed by atoms with Crippen molar-refractivity contribution >= 4 is 5.96 Å². The molecule has 2 heterocycles. The van der Waals surface area contributed by atoms with E-state index in [0.717, 1.165) is 70.3 Å². The Balaban J connectivity index is 1.45. The Morgan fingerprint density at radius 2 is 1.85 bits per heavy atom. The van der Waals surface area contributed by atoms with E-state index in [-0.39, 0.29) is 0 Å². The third kappa shape index (κ3) is 6.22. The van der Waals surface area contributed by atoms with Gasteiger partial charge in [0.25, 0.3) is 0 Å². The van der Waals surface area contributed by atoms with Gasteiger partial charge in [-0.3, -0.25) is 9.89 Å². The van der Waals surface area contributed by atoms with Crippen LogP contribution in [0.1, 0.15) is 37.8 Å². The summed E-state index contributed by atoms with van der Waals surface area (Å²) in [5.41, 5.74) is 2.68. The predicted molar refractivity (Wildman–Crippen MR) is 112 cm³/mol.